The molecule has 5 aromatic rings. The molecule has 0 saturated heterocycles. The molecule has 5 rings (SSSR count). The highest BCUT2D eigenvalue weighted by Crippen LogP contribution is 2.21. The zero-order valence-corrected chi connectivity index (χ0v) is 16.3. The maximum absolute atomic E-state index is 4.54. The minimum Gasteiger partial charge on any atom is -0.228 e. The smallest absolute Gasteiger partial charge is 0.168 e. The van der Waals surface area contributed by atoms with E-state index in [2.05, 4.69) is 45.8 Å². The van der Waals surface area contributed by atoms with Crippen LogP contribution in [0.5, 0.6) is 0 Å². The first-order valence-corrected chi connectivity index (χ1v) is 10.3. The fraction of sp³-hybridized carbons (Fsp3) is 0. The topological polar surface area (TPSA) is 25.8 Å². The molecule has 2 heterocycles. The van der Waals surface area contributed by atoms with E-state index < -0.39 is 0 Å². The van der Waals surface area contributed by atoms with Gasteiger partial charge in [-0.15, -0.1) is 22.7 Å². The Balaban J connectivity index is 1.35. The second-order valence-corrected chi connectivity index (χ2v) is 8.11. The molecule has 0 amide bonds. The maximum atomic E-state index is 4.54. The van der Waals surface area contributed by atoms with Crippen LogP contribution >= 0.6 is 22.7 Å². The van der Waals surface area contributed by atoms with Crippen LogP contribution in [0.3, 0.4) is 0 Å². The third kappa shape index (κ3) is 3.52. The van der Waals surface area contributed by atoms with Gasteiger partial charge < -0.3 is 0 Å². The quantitative estimate of drug-likeness (QED) is 0.316. The average molecular weight is 393 g/mol. The lowest BCUT2D eigenvalue weighted by molar-refractivity contribution is 1.45. The number of hydrogen-bond acceptors (Lipinski definition) is 4. The monoisotopic (exact) mass is 392 g/mol. The van der Waals surface area contributed by atoms with E-state index in [1.807, 2.05) is 60.7 Å². The largest absolute Gasteiger partial charge is 0.228 e. The molecule has 4 heteroatoms. The van der Waals surface area contributed by atoms with E-state index in [0.717, 1.165) is 41.6 Å². The van der Waals surface area contributed by atoms with Crippen LogP contribution in [-0.4, -0.2) is 9.97 Å². The summed E-state index contributed by atoms with van der Waals surface area (Å²) < 4.78 is 2.32. The summed E-state index contributed by atoms with van der Waals surface area (Å²) >= 11 is 3.23. The van der Waals surface area contributed by atoms with Gasteiger partial charge in [-0.1, -0.05) is 36.1 Å². The molecular formula is C24H12N2S2. The number of thiazole rings is 2. The zero-order chi connectivity index (χ0) is 18.8. The molecule has 0 unspecified atom stereocenters. The Morgan fingerprint density at radius 1 is 0.500 bits per heavy atom. The van der Waals surface area contributed by atoms with Crippen molar-refractivity contribution in [1.82, 2.24) is 9.97 Å². The van der Waals surface area contributed by atoms with Crippen LogP contribution in [0.2, 0.25) is 0 Å². The number of benzene rings is 3. The van der Waals surface area contributed by atoms with Gasteiger partial charge in [0, 0.05) is 11.1 Å². The Morgan fingerprint density at radius 3 is 1.36 bits per heavy atom. The van der Waals surface area contributed by atoms with Crippen molar-refractivity contribution in [2.75, 3.05) is 0 Å². The second-order valence-electron chi connectivity index (χ2n) is 6.05. The van der Waals surface area contributed by atoms with E-state index in [1.54, 1.807) is 22.7 Å². The van der Waals surface area contributed by atoms with Gasteiger partial charge in [-0.2, -0.15) is 0 Å². The zero-order valence-electron chi connectivity index (χ0n) is 14.6. The Bertz CT molecular complexity index is 1240. The molecule has 0 aliphatic carbocycles. The van der Waals surface area contributed by atoms with Crippen molar-refractivity contribution in [2.24, 2.45) is 0 Å². The summed E-state index contributed by atoms with van der Waals surface area (Å²) in [5, 5.41) is 1.67. The summed E-state index contributed by atoms with van der Waals surface area (Å²) in [6, 6.07) is 24.1. The minimum atomic E-state index is 0.834. The van der Waals surface area contributed by atoms with Crippen molar-refractivity contribution in [2.45, 2.75) is 0 Å². The summed E-state index contributed by atoms with van der Waals surface area (Å²) in [5.74, 6) is 12.7. The van der Waals surface area contributed by atoms with Gasteiger partial charge in [-0.3, -0.25) is 0 Å². The SMILES string of the molecule is C(#Cc1nc2ccccc2s1)c1ccc(C#Cc2nc3ccccc3s2)cc1. The molecule has 0 atom stereocenters. The Kier molecular flexibility index (Phi) is 4.35. The summed E-state index contributed by atoms with van der Waals surface area (Å²) in [4.78, 5) is 9.09. The van der Waals surface area contributed by atoms with Crippen molar-refractivity contribution < 1.29 is 0 Å². The van der Waals surface area contributed by atoms with Crippen molar-refractivity contribution in [3.8, 4) is 23.7 Å². The number of fused-ring (bicyclic) bond motifs is 2. The number of aromatic nitrogens is 2. The third-order valence-electron chi connectivity index (χ3n) is 4.10. The lowest BCUT2D eigenvalue weighted by atomic mass is 10.1. The fourth-order valence-corrected chi connectivity index (χ4v) is 4.38. The molecule has 0 radical (unpaired) electrons. The van der Waals surface area contributed by atoms with Crippen LogP contribution in [0.25, 0.3) is 20.4 Å². The molecule has 0 spiro atoms. The average Bonchev–Trinajstić information content (AvgIpc) is 3.34. The standard InChI is InChI=1S/C24H12N2S2/c1-3-7-21-19(5-1)25-23(27-21)15-13-17-9-11-18(12-10-17)14-16-24-26-20-6-2-4-8-22(20)28-24/h1-12H. The predicted molar refractivity (Wildman–Crippen MR) is 118 cm³/mol. The van der Waals surface area contributed by atoms with E-state index >= 15 is 0 Å². The van der Waals surface area contributed by atoms with Crippen molar-refractivity contribution in [3.63, 3.8) is 0 Å². The van der Waals surface area contributed by atoms with Gasteiger partial charge in [0.1, 0.15) is 0 Å². The molecule has 0 fully saturated rings. The third-order valence-corrected chi connectivity index (χ3v) is 6.00. The summed E-state index contributed by atoms with van der Waals surface area (Å²) in [7, 11) is 0. The summed E-state index contributed by atoms with van der Waals surface area (Å²) in [5.41, 5.74) is 3.89. The number of hydrogen-bond donors (Lipinski definition) is 0. The molecule has 0 N–H and O–H groups in total. The highest BCUT2D eigenvalue weighted by molar-refractivity contribution is 7.19. The lowest BCUT2D eigenvalue weighted by Gasteiger charge is -1.91. The molecule has 2 nitrogen and oxygen atoms in total. The van der Waals surface area contributed by atoms with Crippen LogP contribution in [0.4, 0.5) is 0 Å². The molecule has 0 aliphatic rings. The van der Waals surface area contributed by atoms with Crippen LogP contribution < -0.4 is 0 Å². The summed E-state index contributed by atoms with van der Waals surface area (Å²) in [6.07, 6.45) is 0. The molecule has 3 aromatic carbocycles. The first kappa shape index (κ1) is 16.7. The van der Waals surface area contributed by atoms with E-state index in [9.17, 15) is 0 Å². The molecule has 130 valence electrons. The first-order chi connectivity index (χ1) is 13.8. The number of nitrogens with zero attached hydrogens (tertiary/aromatic N) is 2. The minimum absolute atomic E-state index is 0.834. The molecular weight excluding hydrogens is 380 g/mol. The Morgan fingerprint density at radius 2 is 0.929 bits per heavy atom. The van der Waals surface area contributed by atoms with Gasteiger partial charge in [0.25, 0.3) is 0 Å². The van der Waals surface area contributed by atoms with E-state index in [0.29, 0.717) is 0 Å². The Hall–Kier alpha value is -3.44. The van der Waals surface area contributed by atoms with E-state index in [1.165, 1.54) is 0 Å². The fourth-order valence-electron chi connectivity index (χ4n) is 2.74. The lowest BCUT2D eigenvalue weighted by Crippen LogP contribution is -1.78. The molecule has 0 aliphatic heterocycles. The molecule has 28 heavy (non-hydrogen) atoms. The van der Waals surface area contributed by atoms with Crippen LogP contribution in [0.1, 0.15) is 21.1 Å². The first-order valence-electron chi connectivity index (χ1n) is 8.69. The Labute approximate surface area is 170 Å². The second kappa shape index (κ2) is 7.29. The maximum Gasteiger partial charge on any atom is 0.168 e. The van der Waals surface area contributed by atoms with Gasteiger partial charge in [-0.25, -0.2) is 9.97 Å². The van der Waals surface area contributed by atoms with Crippen molar-refractivity contribution >= 4 is 43.1 Å². The normalized spacial score (nSPS) is 10.3. The van der Waals surface area contributed by atoms with Gasteiger partial charge in [0.15, 0.2) is 10.0 Å². The highest BCUT2D eigenvalue weighted by Gasteiger charge is 2.00. The van der Waals surface area contributed by atoms with Crippen molar-refractivity contribution in [1.29, 1.82) is 0 Å². The molecule has 0 saturated carbocycles. The van der Waals surface area contributed by atoms with Crippen LogP contribution in [-0.2, 0) is 0 Å². The summed E-state index contributed by atoms with van der Waals surface area (Å²) in [6.45, 7) is 0. The van der Waals surface area contributed by atoms with Gasteiger partial charge in [0.05, 0.1) is 20.4 Å². The van der Waals surface area contributed by atoms with E-state index in [4.69, 9.17) is 0 Å². The van der Waals surface area contributed by atoms with Crippen molar-refractivity contribution in [3.05, 3.63) is 93.9 Å². The number of para-hydroxylation sites is 2. The number of rotatable bonds is 0. The van der Waals surface area contributed by atoms with Gasteiger partial charge in [0.2, 0.25) is 0 Å². The molecule has 0 bridgehead atoms. The highest BCUT2D eigenvalue weighted by atomic mass is 32.1. The predicted octanol–water partition coefficient (Wildman–Crippen LogP) is 5.71. The van der Waals surface area contributed by atoms with Gasteiger partial charge >= 0.3 is 0 Å². The van der Waals surface area contributed by atoms with E-state index in [-0.39, 0.29) is 0 Å². The van der Waals surface area contributed by atoms with Crippen LogP contribution in [0, 0.1) is 23.7 Å². The van der Waals surface area contributed by atoms with Crippen LogP contribution in [0.15, 0.2) is 72.8 Å². The molecule has 2 aromatic heterocycles. The van der Waals surface area contributed by atoms with Gasteiger partial charge in [-0.05, 0) is 60.4 Å².